The molecule has 1 aromatic rings. The van der Waals surface area contributed by atoms with E-state index in [9.17, 15) is 9.90 Å². The fourth-order valence-electron chi connectivity index (χ4n) is 1.19. The number of halogens is 1. The minimum atomic E-state index is -0.317. The van der Waals surface area contributed by atoms with Crippen molar-refractivity contribution in [2.45, 2.75) is 19.4 Å². The zero-order chi connectivity index (χ0) is 12.1. The smallest absolute Gasteiger partial charge is 0.251 e. The number of rotatable bonds is 4. The Balaban J connectivity index is 2.76. The van der Waals surface area contributed by atoms with Crippen LogP contribution in [0.1, 0.15) is 23.7 Å². The number of nitrogens with one attached hydrogen (secondary N) is 1. The first-order valence-corrected chi connectivity index (χ1v) is 5.36. The number of carbonyl (C=O) groups is 1. The molecule has 1 atom stereocenters. The Bertz CT molecular complexity index is 377. The van der Waals surface area contributed by atoms with Crippen molar-refractivity contribution in [2.75, 3.05) is 6.61 Å². The van der Waals surface area contributed by atoms with Crippen LogP contribution >= 0.6 is 11.6 Å². The molecule has 0 saturated heterocycles. The van der Waals surface area contributed by atoms with E-state index in [-0.39, 0.29) is 29.3 Å². The Labute approximate surface area is 98.9 Å². The van der Waals surface area contributed by atoms with Gasteiger partial charge in [-0.15, -0.1) is 0 Å². The van der Waals surface area contributed by atoms with Crippen molar-refractivity contribution in [3.63, 3.8) is 0 Å². The Morgan fingerprint density at radius 1 is 1.56 bits per heavy atom. The second-order valence-electron chi connectivity index (χ2n) is 3.43. The summed E-state index contributed by atoms with van der Waals surface area (Å²) < 4.78 is 0. The molecule has 0 saturated carbocycles. The number of hydrogen-bond donors (Lipinski definition) is 3. The van der Waals surface area contributed by atoms with Crippen LogP contribution in [0.2, 0.25) is 5.02 Å². The molecule has 0 bridgehead atoms. The Morgan fingerprint density at radius 2 is 2.25 bits per heavy atom. The van der Waals surface area contributed by atoms with E-state index in [1.54, 1.807) is 0 Å². The van der Waals surface area contributed by atoms with Crippen LogP contribution in [0.15, 0.2) is 18.2 Å². The molecule has 3 N–H and O–H groups in total. The summed E-state index contributed by atoms with van der Waals surface area (Å²) in [5, 5.41) is 20.9. The average Bonchev–Trinajstić information content (AvgIpc) is 2.29. The molecule has 0 unspecified atom stereocenters. The van der Waals surface area contributed by atoms with Gasteiger partial charge in [-0.3, -0.25) is 4.79 Å². The van der Waals surface area contributed by atoms with Crippen LogP contribution in [0.3, 0.4) is 0 Å². The van der Waals surface area contributed by atoms with E-state index in [2.05, 4.69) is 5.32 Å². The quantitative estimate of drug-likeness (QED) is 0.752. The van der Waals surface area contributed by atoms with E-state index in [0.29, 0.717) is 12.0 Å². The molecule has 5 heteroatoms. The van der Waals surface area contributed by atoms with E-state index in [4.69, 9.17) is 16.7 Å². The number of phenolic OH excluding ortho intramolecular Hbond substituents is 1. The fraction of sp³-hybridized carbons (Fsp3) is 0.364. The van der Waals surface area contributed by atoms with Gasteiger partial charge in [0.1, 0.15) is 5.75 Å². The number of aliphatic hydroxyl groups is 1. The maximum Gasteiger partial charge on any atom is 0.251 e. The number of carbonyl (C=O) groups excluding carboxylic acids is 1. The summed E-state index contributed by atoms with van der Waals surface area (Å²) in [5.41, 5.74) is 0.356. The highest BCUT2D eigenvalue weighted by molar-refractivity contribution is 6.32. The molecule has 0 aromatic heterocycles. The first kappa shape index (κ1) is 12.8. The van der Waals surface area contributed by atoms with Crippen molar-refractivity contribution in [2.24, 2.45) is 0 Å². The maximum absolute atomic E-state index is 11.7. The monoisotopic (exact) mass is 243 g/mol. The molecule has 0 heterocycles. The lowest BCUT2D eigenvalue weighted by Gasteiger charge is -2.14. The second kappa shape index (κ2) is 5.72. The third-order valence-electron chi connectivity index (χ3n) is 2.26. The molecule has 88 valence electrons. The van der Waals surface area contributed by atoms with Gasteiger partial charge in [0.05, 0.1) is 17.7 Å². The minimum Gasteiger partial charge on any atom is -0.506 e. The molecule has 0 fully saturated rings. The normalized spacial score (nSPS) is 12.2. The van der Waals surface area contributed by atoms with Gasteiger partial charge in [0.2, 0.25) is 0 Å². The molecule has 0 aliphatic heterocycles. The maximum atomic E-state index is 11.7. The van der Waals surface area contributed by atoms with E-state index >= 15 is 0 Å². The summed E-state index contributed by atoms with van der Waals surface area (Å²) in [6.45, 7) is 1.76. The van der Waals surface area contributed by atoms with E-state index in [0.717, 1.165) is 0 Å². The van der Waals surface area contributed by atoms with Gasteiger partial charge in [0.15, 0.2) is 0 Å². The largest absolute Gasteiger partial charge is 0.506 e. The van der Waals surface area contributed by atoms with Crippen molar-refractivity contribution in [3.05, 3.63) is 28.8 Å². The topological polar surface area (TPSA) is 69.6 Å². The van der Waals surface area contributed by atoms with Crippen LogP contribution in [-0.2, 0) is 0 Å². The number of benzene rings is 1. The zero-order valence-electron chi connectivity index (χ0n) is 8.90. The fourth-order valence-corrected chi connectivity index (χ4v) is 1.37. The summed E-state index contributed by atoms with van der Waals surface area (Å²) in [6.07, 6.45) is 0.647. The third kappa shape index (κ3) is 3.12. The summed E-state index contributed by atoms with van der Waals surface area (Å²) in [7, 11) is 0. The van der Waals surface area contributed by atoms with Crippen molar-refractivity contribution >= 4 is 17.5 Å². The number of phenols is 1. The molecule has 1 amide bonds. The molecule has 4 nitrogen and oxygen atoms in total. The minimum absolute atomic E-state index is 0.0626. The number of aliphatic hydroxyl groups excluding tert-OH is 1. The summed E-state index contributed by atoms with van der Waals surface area (Å²) in [6, 6.07) is 3.95. The van der Waals surface area contributed by atoms with Crippen LogP contribution in [-0.4, -0.2) is 28.8 Å². The van der Waals surface area contributed by atoms with E-state index < -0.39 is 0 Å². The molecule has 1 rings (SSSR count). The summed E-state index contributed by atoms with van der Waals surface area (Å²) >= 11 is 5.68. The van der Waals surface area contributed by atoms with Gasteiger partial charge in [-0.05, 0) is 24.6 Å². The molecular weight excluding hydrogens is 230 g/mol. The number of hydrogen-bond acceptors (Lipinski definition) is 3. The highest BCUT2D eigenvalue weighted by Gasteiger charge is 2.12. The molecule has 0 aliphatic rings. The van der Waals surface area contributed by atoms with Gasteiger partial charge < -0.3 is 15.5 Å². The van der Waals surface area contributed by atoms with Gasteiger partial charge in [0.25, 0.3) is 5.91 Å². The van der Waals surface area contributed by atoms with E-state index in [1.807, 2.05) is 6.92 Å². The van der Waals surface area contributed by atoms with Gasteiger partial charge in [-0.1, -0.05) is 18.5 Å². The standard InChI is InChI=1S/C11H14ClNO3/c1-2-8(6-14)13-11(16)7-3-4-10(15)9(12)5-7/h3-5,8,14-15H,2,6H2,1H3,(H,13,16)/t8-/m1/s1. The predicted molar refractivity (Wildman–Crippen MR) is 61.7 cm³/mol. The molecule has 16 heavy (non-hydrogen) atoms. The first-order chi connectivity index (χ1) is 7.58. The zero-order valence-corrected chi connectivity index (χ0v) is 9.66. The summed E-state index contributed by atoms with van der Waals surface area (Å²) in [4.78, 5) is 11.7. The lowest BCUT2D eigenvalue weighted by Crippen LogP contribution is -2.36. The average molecular weight is 244 g/mol. The van der Waals surface area contributed by atoms with Crippen LogP contribution in [0.25, 0.3) is 0 Å². The molecule has 0 spiro atoms. The van der Waals surface area contributed by atoms with Crippen molar-refractivity contribution < 1.29 is 15.0 Å². The van der Waals surface area contributed by atoms with Gasteiger partial charge in [0, 0.05) is 5.56 Å². The first-order valence-electron chi connectivity index (χ1n) is 4.98. The number of amides is 1. The third-order valence-corrected chi connectivity index (χ3v) is 2.56. The molecule has 0 aliphatic carbocycles. The van der Waals surface area contributed by atoms with Gasteiger partial charge >= 0.3 is 0 Å². The lowest BCUT2D eigenvalue weighted by molar-refractivity contribution is 0.0915. The Hall–Kier alpha value is -1.26. The van der Waals surface area contributed by atoms with Crippen LogP contribution in [0, 0.1) is 0 Å². The Kier molecular flexibility index (Phi) is 4.58. The predicted octanol–water partition coefficient (Wildman–Crippen LogP) is 1.55. The van der Waals surface area contributed by atoms with Gasteiger partial charge in [-0.25, -0.2) is 0 Å². The van der Waals surface area contributed by atoms with Crippen LogP contribution in [0.4, 0.5) is 0 Å². The van der Waals surface area contributed by atoms with Crippen LogP contribution in [0.5, 0.6) is 5.75 Å². The van der Waals surface area contributed by atoms with Crippen molar-refractivity contribution in [1.29, 1.82) is 0 Å². The van der Waals surface area contributed by atoms with Crippen molar-refractivity contribution in [3.8, 4) is 5.75 Å². The molecular formula is C11H14ClNO3. The van der Waals surface area contributed by atoms with Gasteiger partial charge in [-0.2, -0.15) is 0 Å². The lowest BCUT2D eigenvalue weighted by atomic mass is 10.1. The highest BCUT2D eigenvalue weighted by atomic mass is 35.5. The van der Waals surface area contributed by atoms with E-state index in [1.165, 1.54) is 18.2 Å². The highest BCUT2D eigenvalue weighted by Crippen LogP contribution is 2.23. The SMILES string of the molecule is CC[C@H](CO)NC(=O)c1ccc(O)c(Cl)c1. The molecule has 0 radical (unpaired) electrons. The van der Waals surface area contributed by atoms with Crippen LogP contribution < -0.4 is 5.32 Å². The summed E-state index contributed by atoms with van der Waals surface area (Å²) in [5.74, 6) is -0.379. The second-order valence-corrected chi connectivity index (χ2v) is 3.83. The van der Waals surface area contributed by atoms with Crippen molar-refractivity contribution in [1.82, 2.24) is 5.32 Å². The molecule has 1 aromatic carbocycles. The number of aromatic hydroxyl groups is 1. The Morgan fingerprint density at radius 3 is 2.75 bits per heavy atom.